The molecule has 7 heteroatoms. The smallest absolute Gasteiger partial charge is 0.327 e. The molecule has 0 aliphatic carbocycles. The molecule has 0 bridgehead atoms. The molecule has 1 N–H and O–H groups in total. The van der Waals surface area contributed by atoms with Crippen molar-refractivity contribution in [1.82, 2.24) is 10.1 Å². The van der Waals surface area contributed by atoms with E-state index < -0.39 is 12.0 Å². The zero-order valence-corrected chi connectivity index (χ0v) is 13.4. The van der Waals surface area contributed by atoms with Crippen LogP contribution >= 0.6 is 11.8 Å². The standard InChI is InChI=1S/C14H20N2O4S/c1-7(2)13-16(11(6-21-13)14(18)19)12(17)5-10-8(3)15-20-9(10)4/h7,11,13H,5-6H2,1-4H3,(H,18,19). The van der Waals surface area contributed by atoms with Crippen LogP contribution in [-0.4, -0.2) is 44.2 Å². The Morgan fingerprint density at radius 1 is 1.48 bits per heavy atom. The average Bonchev–Trinajstić information content (AvgIpc) is 2.97. The van der Waals surface area contributed by atoms with E-state index in [1.807, 2.05) is 13.8 Å². The van der Waals surface area contributed by atoms with E-state index in [-0.39, 0.29) is 23.6 Å². The minimum Gasteiger partial charge on any atom is -0.480 e. The first-order chi connectivity index (χ1) is 9.82. The fourth-order valence-electron chi connectivity index (χ4n) is 2.54. The number of carbonyl (C=O) groups is 2. The van der Waals surface area contributed by atoms with Gasteiger partial charge in [-0.25, -0.2) is 4.79 Å². The summed E-state index contributed by atoms with van der Waals surface area (Å²) in [5.74, 6) is 0.123. The summed E-state index contributed by atoms with van der Waals surface area (Å²) in [4.78, 5) is 25.5. The summed E-state index contributed by atoms with van der Waals surface area (Å²) >= 11 is 1.53. The molecule has 0 saturated carbocycles. The molecule has 21 heavy (non-hydrogen) atoms. The first-order valence-corrected chi connectivity index (χ1v) is 7.95. The van der Waals surface area contributed by atoms with Crippen LogP contribution in [0.1, 0.15) is 30.9 Å². The van der Waals surface area contributed by atoms with Crippen molar-refractivity contribution in [3.8, 4) is 0 Å². The minimum absolute atomic E-state index is 0.0981. The van der Waals surface area contributed by atoms with E-state index in [0.29, 0.717) is 17.2 Å². The molecule has 2 unspecified atom stereocenters. The molecule has 2 rings (SSSR count). The highest BCUT2D eigenvalue weighted by atomic mass is 32.2. The Kier molecular flexibility index (Phi) is 4.61. The fourth-order valence-corrected chi connectivity index (χ4v) is 4.04. The normalized spacial score (nSPS) is 22.0. The van der Waals surface area contributed by atoms with Crippen LogP contribution in [0.25, 0.3) is 0 Å². The van der Waals surface area contributed by atoms with Gasteiger partial charge < -0.3 is 14.5 Å². The first-order valence-electron chi connectivity index (χ1n) is 6.90. The Labute approximate surface area is 127 Å². The Balaban J connectivity index is 2.23. The maximum atomic E-state index is 12.6. The summed E-state index contributed by atoms with van der Waals surface area (Å²) in [5, 5.41) is 13.1. The summed E-state index contributed by atoms with van der Waals surface area (Å²) in [7, 11) is 0. The fraction of sp³-hybridized carbons (Fsp3) is 0.643. The van der Waals surface area contributed by atoms with Gasteiger partial charge >= 0.3 is 5.97 Å². The van der Waals surface area contributed by atoms with Gasteiger partial charge in [0.25, 0.3) is 0 Å². The Morgan fingerprint density at radius 3 is 2.62 bits per heavy atom. The molecule has 1 aliphatic rings. The van der Waals surface area contributed by atoms with E-state index >= 15 is 0 Å². The third kappa shape index (κ3) is 3.07. The van der Waals surface area contributed by atoms with Crippen LogP contribution in [0.5, 0.6) is 0 Å². The third-order valence-corrected chi connectivity index (χ3v) is 5.31. The van der Waals surface area contributed by atoms with E-state index in [9.17, 15) is 14.7 Å². The van der Waals surface area contributed by atoms with Crippen molar-refractivity contribution >= 4 is 23.6 Å². The maximum absolute atomic E-state index is 12.6. The van der Waals surface area contributed by atoms with Crippen molar-refractivity contribution in [1.29, 1.82) is 0 Å². The molecule has 1 fully saturated rings. The lowest BCUT2D eigenvalue weighted by molar-refractivity contribution is -0.149. The van der Waals surface area contributed by atoms with Crippen LogP contribution in [0.15, 0.2) is 4.52 Å². The number of carboxylic acid groups (broad SMARTS) is 1. The van der Waals surface area contributed by atoms with Crippen LogP contribution in [0.4, 0.5) is 0 Å². The Bertz CT molecular complexity index is 536. The first kappa shape index (κ1) is 15.9. The van der Waals surface area contributed by atoms with E-state index in [1.54, 1.807) is 13.8 Å². The van der Waals surface area contributed by atoms with Crippen LogP contribution in [0, 0.1) is 19.8 Å². The lowest BCUT2D eigenvalue weighted by atomic mass is 10.1. The van der Waals surface area contributed by atoms with Crippen LogP contribution < -0.4 is 0 Å². The SMILES string of the molecule is Cc1noc(C)c1CC(=O)N1C(C(=O)O)CSC1C(C)C. The minimum atomic E-state index is -0.947. The monoisotopic (exact) mass is 312 g/mol. The number of aryl methyl sites for hydroxylation is 2. The van der Waals surface area contributed by atoms with E-state index in [0.717, 1.165) is 5.56 Å². The molecule has 6 nitrogen and oxygen atoms in total. The molecular weight excluding hydrogens is 292 g/mol. The number of aliphatic carboxylic acids is 1. The van der Waals surface area contributed by atoms with Gasteiger partial charge in [0.2, 0.25) is 5.91 Å². The number of carbonyl (C=O) groups excluding carboxylic acids is 1. The lowest BCUT2D eigenvalue weighted by Gasteiger charge is -2.29. The zero-order chi connectivity index (χ0) is 15.7. The quantitative estimate of drug-likeness (QED) is 0.913. The van der Waals surface area contributed by atoms with Gasteiger partial charge in [0.05, 0.1) is 17.5 Å². The van der Waals surface area contributed by atoms with Gasteiger partial charge in [-0.15, -0.1) is 11.8 Å². The lowest BCUT2D eigenvalue weighted by Crippen LogP contribution is -2.47. The second kappa shape index (κ2) is 6.09. The van der Waals surface area contributed by atoms with Gasteiger partial charge in [0, 0.05) is 11.3 Å². The third-order valence-electron chi connectivity index (χ3n) is 3.69. The van der Waals surface area contributed by atoms with Crippen molar-refractivity contribution in [2.45, 2.75) is 45.5 Å². The van der Waals surface area contributed by atoms with Crippen molar-refractivity contribution in [3.63, 3.8) is 0 Å². The average molecular weight is 312 g/mol. The van der Waals surface area contributed by atoms with Gasteiger partial charge in [0.1, 0.15) is 11.8 Å². The van der Waals surface area contributed by atoms with Crippen LogP contribution in [0.3, 0.4) is 0 Å². The van der Waals surface area contributed by atoms with Gasteiger partial charge in [-0.2, -0.15) is 0 Å². The molecule has 0 spiro atoms. The molecule has 1 aromatic heterocycles. The largest absolute Gasteiger partial charge is 0.480 e. The molecule has 116 valence electrons. The topological polar surface area (TPSA) is 83.6 Å². The molecule has 1 amide bonds. The molecule has 0 aromatic carbocycles. The van der Waals surface area contributed by atoms with Crippen molar-refractivity contribution < 1.29 is 19.2 Å². The second-order valence-corrected chi connectivity index (χ2v) is 6.75. The van der Waals surface area contributed by atoms with Crippen molar-refractivity contribution in [2.24, 2.45) is 5.92 Å². The number of hydrogen-bond acceptors (Lipinski definition) is 5. The number of thioether (sulfide) groups is 1. The second-order valence-electron chi connectivity index (χ2n) is 5.60. The van der Waals surface area contributed by atoms with Gasteiger partial charge in [-0.05, 0) is 19.8 Å². The molecule has 2 atom stereocenters. The highest BCUT2D eigenvalue weighted by Crippen LogP contribution is 2.34. The number of aromatic nitrogens is 1. The Hall–Kier alpha value is -1.50. The van der Waals surface area contributed by atoms with E-state index in [1.165, 1.54) is 16.7 Å². The number of nitrogens with zero attached hydrogens (tertiary/aromatic N) is 2. The predicted octanol–water partition coefficient (Wildman–Crippen LogP) is 1.84. The molecular formula is C14H20N2O4S. The van der Waals surface area contributed by atoms with Crippen molar-refractivity contribution in [3.05, 3.63) is 17.0 Å². The molecule has 0 radical (unpaired) electrons. The van der Waals surface area contributed by atoms with Gasteiger partial charge in [-0.1, -0.05) is 19.0 Å². The number of rotatable bonds is 4. The number of amides is 1. The zero-order valence-electron chi connectivity index (χ0n) is 12.6. The van der Waals surface area contributed by atoms with Crippen molar-refractivity contribution in [2.75, 3.05) is 5.75 Å². The number of hydrogen-bond donors (Lipinski definition) is 1. The van der Waals surface area contributed by atoms with Gasteiger partial charge in [-0.3, -0.25) is 4.79 Å². The summed E-state index contributed by atoms with van der Waals surface area (Å²) in [5.41, 5.74) is 1.43. The predicted molar refractivity (Wildman–Crippen MR) is 79.0 cm³/mol. The molecule has 1 aromatic rings. The number of carboxylic acids is 1. The van der Waals surface area contributed by atoms with E-state index in [4.69, 9.17) is 4.52 Å². The summed E-state index contributed by atoms with van der Waals surface area (Å²) < 4.78 is 5.07. The van der Waals surface area contributed by atoms with Gasteiger partial charge in [0.15, 0.2) is 0 Å². The molecule has 1 saturated heterocycles. The maximum Gasteiger partial charge on any atom is 0.327 e. The van der Waals surface area contributed by atoms with Crippen LogP contribution in [-0.2, 0) is 16.0 Å². The molecule has 2 heterocycles. The highest BCUT2D eigenvalue weighted by Gasteiger charge is 2.42. The summed E-state index contributed by atoms with van der Waals surface area (Å²) in [6.07, 6.45) is 0.134. The molecule has 1 aliphatic heterocycles. The van der Waals surface area contributed by atoms with E-state index in [2.05, 4.69) is 5.16 Å². The Morgan fingerprint density at radius 2 is 2.14 bits per heavy atom. The summed E-state index contributed by atoms with van der Waals surface area (Å²) in [6.45, 7) is 7.54. The highest BCUT2D eigenvalue weighted by molar-refractivity contribution is 8.00. The van der Waals surface area contributed by atoms with Crippen LogP contribution in [0.2, 0.25) is 0 Å². The summed E-state index contributed by atoms with van der Waals surface area (Å²) in [6, 6.07) is -0.754.